The molecule has 1 aliphatic heterocycles. The van der Waals surface area contributed by atoms with Crippen molar-refractivity contribution >= 4 is 6.03 Å². The Labute approximate surface area is 160 Å². The zero-order valence-corrected chi connectivity index (χ0v) is 15.8. The molecule has 0 radical (unpaired) electrons. The Morgan fingerprint density at radius 1 is 1.11 bits per heavy atom. The number of urea groups is 1. The van der Waals surface area contributed by atoms with E-state index in [1.54, 1.807) is 12.5 Å². The molecule has 146 valence electrons. The van der Waals surface area contributed by atoms with Gasteiger partial charge in [0.15, 0.2) is 0 Å². The molecule has 1 saturated carbocycles. The van der Waals surface area contributed by atoms with E-state index in [2.05, 4.69) is 10.2 Å². The van der Waals surface area contributed by atoms with Crippen LogP contribution in [0.4, 0.5) is 4.79 Å². The number of nitrogens with zero attached hydrogens (tertiary/aromatic N) is 2. The van der Waals surface area contributed by atoms with Gasteiger partial charge in [-0.25, -0.2) is 4.79 Å². The van der Waals surface area contributed by atoms with Gasteiger partial charge in [0.2, 0.25) is 0 Å². The van der Waals surface area contributed by atoms with Crippen molar-refractivity contribution in [2.45, 2.75) is 57.2 Å². The normalized spacial score (nSPS) is 19.4. The molecule has 1 aliphatic carbocycles. The molecule has 4 rings (SSSR count). The summed E-state index contributed by atoms with van der Waals surface area (Å²) in [6.45, 7) is 3.20. The van der Waals surface area contributed by atoms with E-state index in [9.17, 15) is 4.79 Å². The summed E-state index contributed by atoms with van der Waals surface area (Å²) in [7, 11) is 0. The molecule has 6 nitrogen and oxygen atoms in total. The zero-order valence-electron chi connectivity index (χ0n) is 15.8. The number of nitrogens with one attached hydrogen (secondary N) is 1. The lowest BCUT2D eigenvalue weighted by atomic mass is 10.2. The second-order valence-corrected chi connectivity index (χ2v) is 7.61. The number of carbonyl (C=O) groups is 1. The van der Waals surface area contributed by atoms with E-state index in [1.807, 2.05) is 29.2 Å². The lowest BCUT2D eigenvalue weighted by Gasteiger charge is -2.31. The summed E-state index contributed by atoms with van der Waals surface area (Å²) in [6.07, 6.45) is 10.3. The van der Waals surface area contributed by atoms with E-state index in [0.717, 1.165) is 37.5 Å². The fourth-order valence-corrected chi connectivity index (χ4v) is 4.38. The van der Waals surface area contributed by atoms with Gasteiger partial charge in [-0.05, 0) is 63.0 Å². The molecule has 0 spiro atoms. The number of rotatable bonds is 7. The van der Waals surface area contributed by atoms with E-state index in [4.69, 9.17) is 8.83 Å². The predicted molar refractivity (Wildman–Crippen MR) is 102 cm³/mol. The van der Waals surface area contributed by atoms with Gasteiger partial charge in [0.25, 0.3) is 0 Å². The molecule has 0 bridgehead atoms. The number of likely N-dealkylation sites (tertiary alicyclic amines) is 1. The second kappa shape index (κ2) is 8.65. The van der Waals surface area contributed by atoms with E-state index in [0.29, 0.717) is 19.1 Å². The number of carbonyl (C=O) groups excluding carboxylic acids is 1. The van der Waals surface area contributed by atoms with Crippen LogP contribution in [0.25, 0.3) is 0 Å². The Bertz CT molecular complexity index is 686. The van der Waals surface area contributed by atoms with Gasteiger partial charge in [0, 0.05) is 12.6 Å². The lowest BCUT2D eigenvalue weighted by molar-refractivity contribution is 0.156. The zero-order chi connectivity index (χ0) is 18.5. The van der Waals surface area contributed by atoms with Crippen molar-refractivity contribution in [3.63, 3.8) is 0 Å². The Morgan fingerprint density at radius 3 is 2.52 bits per heavy atom. The molecule has 2 aromatic rings. The maximum Gasteiger partial charge on any atom is 0.318 e. The monoisotopic (exact) mass is 371 g/mol. The highest BCUT2D eigenvalue weighted by Crippen LogP contribution is 2.27. The molecule has 3 heterocycles. The van der Waals surface area contributed by atoms with Gasteiger partial charge in [-0.2, -0.15) is 0 Å². The van der Waals surface area contributed by atoms with Gasteiger partial charge >= 0.3 is 6.03 Å². The summed E-state index contributed by atoms with van der Waals surface area (Å²) in [5.74, 6) is 1.76. The smallest absolute Gasteiger partial charge is 0.318 e. The molecule has 27 heavy (non-hydrogen) atoms. The van der Waals surface area contributed by atoms with Crippen molar-refractivity contribution in [3.8, 4) is 0 Å². The van der Waals surface area contributed by atoms with Crippen LogP contribution in [-0.2, 0) is 6.54 Å². The Morgan fingerprint density at radius 2 is 1.85 bits per heavy atom. The molecular formula is C21H29N3O3. The van der Waals surface area contributed by atoms with Crippen LogP contribution >= 0.6 is 0 Å². The third kappa shape index (κ3) is 4.38. The predicted octanol–water partition coefficient (Wildman–Crippen LogP) is 4.16. The third-order valence-electron chi connectivity index (χ3n) is 5.83. The first-order valence-corrected chi connectivity index (χ1v) is 10.2. The first-order valence-electron chi connectivity index (χ1n) is 10.2. The average molecular weight is 371 g/mol. The number of hydrogen-bond donors (Lipinski definition) is 1. The molecule has 1 saturated heterocycles. The minimum Gasteiger partial charge on any atom is -0.468 e. The van der Waals surface area contributed by atoms with Gasteiger partial charge < -0.3 is 19.1 Å². The van der Waals surface area contributed by atoms with Gasteiger partial charge in [0.05, 0.1) is 25.1 Å². The van der Waals surface area contributed by atoms with Crippen LogP contribution in [0.2, 0.25) is 0 Å². The standard InChI is InChI=1S/C21H29N3O3/c25-21(24(17-7-1-2-8-17)16-18-9-5-13-26-18)22-15-19(20-10-6-14-27-20)23-11-3-4-12-23/h5-6,9-10,13-14,17,19H,1-4,7-8,11-12,15-16H2,(H,22,25). The van der Waals surface area contributed by atoms with Crippen LogP contribution in [0.5, 0.6) is 0 Å². The minimum atomic E-state index is -0.00551. The van der Waals surface area contributed by atoms with Gasteiger partial charge in [0.1, 0.15) is 11.5 Å². The third-order valence-corrected chi connectivity index (χ3v) is 5.83. The van der Waals surface area contributed by atoms with Crippen LogP contribution < -0.4 is 5.32 Å². The van der Waals surface area contributed by atoms with Crippen molar-refractivity contribution in [1.82, 2.24) is 15.1 Å². The average Bonchev–Trinajstić information content (AvgIpc) is 3.49. The fraction of sp³-hybridized carbons (Fsp3) is 0.571. The second-order valence-electron chi connectivity index (χ2n) is 7.61. The molecule has 1 unspecified atom stereocenters. The maximum atomic E-state index is 13.1. The summed E-state index contributed by atoms with van der Waals surface area (Å²) in [4.78, 5) is 17.4. The summed E-state index contributed by atoms with van der Waals surface area (Å²) in [5, 5.41) is 3.18. The first-order chi connectivity index (χ1) is 13.3. The van der Waals surface area contributed by atoms with Crippen LogP contribution in [-0.4, -0.2) is 41.5 Å². The molecule has 2 fully saturated rings. The molecule has 1 atom stereocenters. The summed E-state index contributed by atoms with van der Waals surface area (Å²) >= 11 is 0. The molecule has 2 aliphatic rings. The quantitative estimate of drug-likeness (QED) is 0.794. The van der Waals surface area contributed by atoms with Crippen molar-refractivity contribution in [2.24, 2.45) is 0 Å². The molecule has 0 aromatic carbocycles. The summed E-state index contributed by atoms with van der Waals surface area (Å²) in [6, 6.07) is 8.12. The van der Waals surface area contributed by atoms with Crippen LogP contribution in [0, 0.1) is 0 Å². The van der Waals surface area contributed by atoms with Gasteiger partial charge in [-0.15, -0.1) is 0 Å². The van der Waals surface area contributed by atoms with Crippen LogP contribution in [0.1, 0.15) is 56.1 Å². The van der Waals surface area contributed by atoms with E-state index >= 15 is 0 Å². The van der Waals surface area contributed by atoms with Gasteiger partial charge in [-0.3, -0.25) is 4.90 Å². The number of amides is 2. The fourth-order valence-electron chi connectivity index (χ4n) is 4.38. The summed E-state index contributed by atoms with van der Waals surface area (Å²) < 4.78 is 11.2. The molecule has 6 heteroatoms. The lowest BCUT2D eigenvalue weighted by Crippen LogP contribution is -2.47. The van der Waals surface area contributed by atoms with Crippen molar-refractivity contribution in [3.05, 3.63) is 48.3 Å². The highest BCUT2D eigenvalue weighted by molar-refractivity contribution is 5.74. The molecule has 2 amide bonds. The minimum absolute atomic E-state index is 0.00551. The van der Waals surface area contributed by atoms with E-state index in [1.165, 1.54) is 25.7 Å². The molecule has 1 N–H and O–H groups in total. The number of hydrogen-bond acceptors (Lipinski definition) is 4. The number of furan rings is 2. The van der Waals surface area contributed by atoms with Crippen molar-refractivity contribution in [1.29, 1.82) is 0 Å². The van der Waals surface area contributed by atoms with Crippen molar-refractivity contribution < 1.29 is 13.6 Å². The Balaban J connectivity index is 1.42. The highest BCUT2D eigenvalue weighted by Gasteiger charge is 2.30. The van der Waals surface area contributed by atoms with Crippen LogP contribution in [0.3, 0.4) is 0 Å². The summed E-state index contributed by atoms with van der Waals surface area (Å²) in [5.41, 5.74) is 0. The molecule has 2 aromatic heterocycles. The maximum absolute atomic E-state index is 13.1. The molecular weight excluding hydrogens is 342 g/mol. The van der Waals surface area contributed by atoms with E-state index < -0.39 is 0 Å². The Kier molecular flexibility index (Phi) is 5.82. The first kappa shape index (κ1) is 18.2. The largest absolute Gasteiger partial charge is 0.468 e. The SMILES string of the molecule is O=C(NCC(c1ccco1)N1CCCC1)N(Cc1ccco1)C1CCCC1. The highest BCUT2D eigenvalue weighted by atomic mass is 16.3. The van der Waals surface area contributed by atoms with Crippen LogP contribution in [0.15, 0.2) is 45.6 Å². The van der Waals surface area contributed by atoms with E-state index in [-0.39, 0.29) is 12.1 Å². The van der Waals surface area contributed by atoms with Gasteiger partial charge in [-0.1, -0.05) is 12.8 Å². The van der Waals surface area contributed by atoms with Crippen molar-refractivity contribution in [2.75, 3.05) is 19.6 Å². The topological polar surface area (TPSA) is 61.9 Å². The Hall–Kier alpha value is -2.21.